The molecule has 0 saturated heterocycles. The third-order valence-electron chi connectivity index (χ3n) is 3.81. The normalized spacial score (nSPS) is 15.8. The summed E-state index contributed by atoms with van der Waals surface area (Å²) in [5.41, 5.74) is 3.55. The molecule has 0 aliphatic heterocycles. The summed E-state index contributed by atoms with van der Waals surface area (Å²) in [4.78, 5) is 15.8. The Kier molecular flexibility index (Phi) is 3.66. The zero-order chi connectivity index (χ0) is 15.8. The molecule has 3 aromatic rings. The highest BCUT2D eigenvalue weighted by atomic mass is 32.1. The zero-order valence-corrected chi connectivity index (χ0v) is 14.1. The van der Waals surface area contributed by atoms with Crippen molar-refractivity contribution >= 4 is 28.4 Å². The van der Waals surface area contributed by atoms with Crippen molar-refractivity contribution < 1.29 is 5.21 Å². The summed E-state index contributed by atoms with van der Waals surface area (Å²) in [7, 11) is 0. The predicted molar refractivity (Wildman–Crippen MR) is 92.5 cm³/mol. The van der Waals surface area contributed by atoms with E-state index in [9.17, 15) is 0 Å². The molecule has 3 aromatic heterocycles. The van der Waals surface area contributed by atoms with Gasteiger partial charge in [0.2, 0.25) is 0 Å². The van der Waals surface area contributed by atoms with Crippen molar-refractivity contribution in [3.63, 3.8) is 0 Å². The fraction of sp³-hybridized carbons (Fsp3) is 0.250. The van der Waals surface area contributed by atoms with Crippen LogP contribution in [0, 0.1) is 6.92 Å². The van der Waals surface area contributed by atoms with Crippen LogP contribution in [0.2, 0.25) is 0 Å². The highest BCUT2D eigenvalue weighted by Crippen LogP contribution is 2.39. The Hall–Kier alpha value is -2.12. The van der Waals surface area contributed by atoms with E-state index in [0.717, 1.165) is 51.1 Å². The number of aryl methyl sites for hydroxylation is 2. The van der Waals surface area contributed by atoms with Gasteiger partial charge in [-0.2, -0.15) is 0 Å². The highest BCUT2D eigenvalue weighted by molar-refractivity contribution is 7.23. The van der Waals surface area contributed by atoms with E-state index in [4.69, 9.17) is 10.2 Å². The van der Waals surface area contributed by atoms with Crippen LogP contribution in [0.4, 0.5) is 0 Å². The van der Waals surface area contributed by atoms with Crippen LogP contribution >= 0.6 is 22.7 Å². The Bertz CT molecular complexity index is 883. The first kappa shape index (κ1) is 14.5. The minimum absolute atomic E-state index is 0.698. The van der Waals surface area contributed by atoms with Crippen molar-refractivity contribution in [1.29, 1.82) is 0 Å². The van der Waals surface area contributed by atoms with Gasteiger partial charge in [-0.1, -0.05) is 5.16 Å². The lowest BCUT2D eigenvalue weighted by atomic mass is 10.0. The lowest BCUT2D eigenvalue weighted by molar-refractivity contribution is 0.317. The maximum atomic E-state index is 9.16. The van der Waals surface area contributed by atoms with E-state index >= 15 is 0 Å². The monoisotopic (exact) mass is 342 g/mol. The fourth-order valence-corrected chi connectivity index (χ4v) is 4.99. The molecule has 0 aromatic carbocycles. The molecule has 0 saturated carbocycles. The molecule has 0 atom stereocenters. The highest BCUT2D eigenvalue weighted by Gasteiger charge is 2.23. The Morgan fingerprint density at radius 3 is 2.87 bits per heavy atom. The topological polar surface area (TPSA) is 71.3 Å². The van der Waals surface area contributed by atoms with Gasteiger partial charge in [0.05, 0.1) is 10.6 Å². The van der Waals surface area contributed by atoms with E-state index in [0.29, 0.717) is 5.71 Å². The number of thiazole rings is 2. The SMILES string of the molecule is Cc1nc(-c2cccnc2)sc1-c1nc2c(s1)CCC/C2=N\O. The largest absolute Gasteiger partial charge is 0.411 e. The van der Waals surface area contributed by atoms with Gasteiger partial charge in [-0.05, 0) is 38.3 Å². The first-order chi connectivity index (χ1) is 11.3. The van der Waals surface area contributed by atoms with Crippen LogP contribution in [0.25, 0.3) is 20.5 Å². The molecular weight excluding hydrogens is 328 g/mol. The Balaban J connectivity index is 1.78. The number of nitrogens with zero attached hydrogens (tertiary/aromatic N) is 4. The van der Waals surface area contributed by atoms with Crippen molar-refractivity contribution in [3.05, 3.63) is 40.8 Å². The average molecular weight is 342 g/mol. The number of fused-ring (bicyclic) bond motifs is 1. The smallest absolute Gasteiger partial charge is 0.136 e. The lowest BCUT2D eigenvalue weighted by Crippen LogP contribution is -2.10. The number of oxime groups is 1. The van der Waals surface area contributed by atoms with E-state index in [1.165, 1.54) is 4.88 Å². The number of pyridine rings is 1. The summed E-state index contributed by atoms with van der Waals surface area (Å²) < 4.78 is 0. The lowest BCUT2D eigenvalue weighted by Gasteiger charge is -2.09. The molecule has 4 rings (SSSR count). The average Bonchev–Trinajstić information content (AvgIpc) is 3.18. The summed E-state index contributed by atoms with van der Waals surface area (Å²) in [6, 6.07) is 3.93. The van der Waals surface area contributed by atoms with Crippen molar-refractivity contribution in [3.8, 4) is 20.5 Å². The Morgan fingerprint density at radius 2 is 2.09 bits per heavy atom. The van der Waals surface area contributed by atoms with Crippen molar-refractivity contribution in [2.45, 2.75) is 26.2 Å². The third kappa shape index (κ3) is 2.55. The molecule has 7 heteroatoms. The maximum absolute atomic E-state index is 9.16. The fourth-order valence-electron chi connectivity index (χ4n) is 2.68. The number of hydrogen-bond donors (Lipinski definition) is 1. The minimum Gasteiger partial charge on any atom is -0.411 e. The summed E-state index contributed by atoms with van der Waals surface area (Å²) >= 11 is 3.31. The standard InChI is InChI=1S/C16H14N4OS2/c1-9-14(23-15(18-9)10-4-3-7-17-8-10)16-19-13-11(20-21)5-2-6-12(13)22-16/h3-4,7-8,21H,2,5-6H2,1H3/b20-11+. The van der Waals surface area contributed by atoms with Crippen LogP contribution < -0.4 is 0 Å². The predicted octanol–water partition coefficient (Wildman–Crippen LogP) is 4.15. The summed E-state index contributed by atoms with van der Waals surface area (Å²) in [6.07, 6.45) is 6.38. The molecule has 0 amide bonds. The molecule has 0 spiro atoms. The Labute approximate surface area is 141 Å². The van der Waals surface area contributed by atoms with Crippen LogP contribution in [-0.2, 0) is 6.42 Å². The third-order valence-corrected chi connectivity index (χ3v) is 6.28. The second kappa shape index (κ2) is 5.82. The minimum atomic E-state index is 0.698. The van der Waals surface area contributed by atoms with Gasteiger partial charge in [0.25, 0.3) is 0 Å². The molecule has 116 valence electrons. The van der Waals surface area contributed by atoms with Crippen molar-refractivity contribution in [2.24, 2.45) is 5.16 Å². The summed E-state index contributed by atoms with van der Waals surface area (Å²) in [6.45, 7) is 2.01. The van der Waals surface area contributed by atoms with Crippen LogP contribution in [0.15, 0.2) is 29.7 Å². The summed E-state index contributed by atoms with van der Waals surface area (Å²) in [5, 5.41) is 14.5. The number of rotatable bonds is 2. The molecule has 1 aliphatic carbocycles. The van der Waals surface area contributed by atoms with Crippen LogP contribution in [0.1, 0.15) is 29.1 Å². The van der Waals surface area contributed by atoms with Crippen molar-refractivity contribution in [1.82, 2.24) is 15.0 Å². The Morgan fingerprint density at radius 1 is 1.17 bits per heavy atom. The number of aromatic nitrogens is 3. The molecule has 0 radical (unpaired) electrons. The molecule has 3 heterocycles. The van der Waals surface area contributed by atoms with E-state index < -0.39 is 0 Å². The van der Waals surface area contributed by atoms with Crippen molar-refractivity contribution in [2.75, 3.05) is 0 Å². The summed E-state index contributed by atoms with van der Waals surface area (Å²) in [5.74, 6) is 0. The van der Waals surface area contributed by atoms with Gasteiger partial charge in [0.15, 0.2) is 0 Å². The molecular formula is C16H14N4OS2. The molecule has 1 N–H and O–H groups in total. The van der Waals surface area contributed by atoms with Gasteiger partial charge in [0.1, 0.15) is 21.4 Å². The first-order valence-electron chi connectivity index (χ1n) is 7.35. The van der Waals surface area contributed by atoms with Gasteiger partial charge in [-0.25, -0.2) is 9.97 Å². The molecule has 0 unspecified atom stereocenters. The van der Waals surface area contributed by atoms with E-state index in [1.807, 2.05) is 25.3 Å². The molecule has 1 aliphatic rings. The second-order valence-electron chi connectivity index (χ2n) is 5.37. The zero-order valence-electron chi connectivity index (χ0n) is 12.5. The van der Waals surface area contributed by atoms with Crippen LogP contribution in [0.5, 0.6) is 0 Å². The van der Waals surface area contributed by atoms with Gasteiger partial charge < -0.3 is 5.21 Å². The first-order valence-corrected chi connectivity index (χ1v) is 8.99. The van der Waals surface area contributed by atoms with E-state index in [1.54, 1.807) is 28.9 Å². The van der Waals surface area contributed by atoms with E-state index in [-0.39, 0.29) is 0 Å². The van der Waals surface area contributed by atoms with Gasteiger partial charge in [-0.15, -0.1) is 22.7 Å². The number of hydrogen-bond acceptors (Lipinski definition) is 7. The van der Waals surface area contributed by atoms with Gasteiger partial charge in [-0.3, -0.25) is 4.98 Å². The van der Waals surface area contributed by atoms with E-state index in [2.05, 4.69) is 15.1 Å². The maximum Gasteiger partial charge on any atom is 0.136 e. The second-order valence-corrected chi connectivity index (χ2v) is 7.45. The van der Waals surface area contributed by atoms with Crippen LogP contribution in [0.3, 0.4) is 0 Å². The molecule has 0 bridgehead atoms. The quantitative estimate of drug-likeness (QED) is 0.561. The molecule has 23 heavy (non-hydrogen) atoms. The molecule has 5 nitrogen and oxygen atoms in total. The molecule has 0 fully saturated rings. The van der Waals surface area contributed by atoms with Crippen LogP contribution in [-0.4, -0.2) is 25.9 Å². The van der Waals surface area contributed by atoms with Gasteiger partial charge in [0, 0.05) is 22.8 Å². The van der Waals surface area contributed by atoms with Gasteiger partial charge >= 0.3 is 0 Å².